The zero-order valence-electron chi connectivity index (χ0n) is 3.87. The van der Waals surface area contributed by atoms with Gasteiger partial charge in [0.25, 0.3) is 0 Å². The molecule has 1 aromatic rings. The predicted octanol–water partition coefficient (Wildman–Crippen LogP) is 0.661. The van der Waals surface area contributed by atoms with Crippen molar-refractivity contribution in [3.63, 3.8) is 0 Å². The zero-order chi connectivity index (χ0) is 5.98. The molecule has 1 heterocycles. The third-order valence-corrected chi connectivity index (χ3v) is 1.43. The van der Waals surface area contributed by atoms with Crippen LogP contribution >= 0.6 is 11.3 Å². The minimum absolute atomic E-state index is 0.176. The molecule has 0 saturated carbocycles. The Kier molecular flexibility index (Phi) is 1.26. The smallest absolute Gasteiger partial charge is 0.232 e. The normalized spacial score (nSPS) is 9.00. The maximum Gasteiger partial charge on any atom is 0.232 e. The van der Waals surface area contributed by atoms with E-state index in [9.17, 15) is 4.79 Å². The van der Waals surface area contributed by atoms with Gasteiger partial charge in [0.05, 0.1) is 5.51 Å². The minimum Gasteiger partial charge on any atom is -0.492 e. The summed E-state index contributed by atoms with van der Waals surface area (Å²) in [7, 11) is 0. The first-order valence-electron chi connectivity index (χ1n) is 1.92. The highest BCUT2D eigenvalue weighted by Gasteiger charge is 1.98. The van der Waals surface area contributed by atoms with Crippen molar-refractivity contribution in [2.45, 2.75) is 0 Å². The molecule has 0 saturated heterocycles. The van der Waals surface area contributed by atoms with E-state index in [0.717, 1.165) is 11.3 Å². The van der Waals surface area contributed by atoms with Gasteiger partial charge in [-0.2, -0.15) is 0 Å². The van der Waals surface area contributed by atoms with Gasteiger partial charge in [-0.05, 0) is 0 Å². The molecule has 1 rings (SSSR count). The maximum atomic E-state index is 9.90. The van der Waals surface area contributed by atoms with E-state index in [-0.39, 0.29) is 10.8 Å². The van der Waals surface area contributed by atoms with Crippen molar-refractivity contribution in [2.75, 3.05) is 0 Å². The van der Waals surface area contributed by atoms with Crippen LogP contribution in [0.5, 0.6) is 5.88 Å². The lowest BCUT2D eigenvalue weighted by molar-refractivity contribution is 0.112. The van der Waals surface area contributed by atoms with Crippen molar-refractivity contribution in [1.82, 2.24) is 4.98 Å². The summed E-state index contributed by atoms with van der Waals surface area (Å²) in [5.41, 5.74) is 1.42. The molecule has 0 radical (unpaired) electrons. The molecule has 42 valence electrons. The van der Waals surface area contributed by atoms with Crippen LogP contribution in [0.1, 0.15) is 9.67 Å². The van der Waals surface area contributed by atoms with Crippen LogP contribution in [-0.2, 0) is 0 Å². The number of carbonyl (C=O) groups is 1. The Morgan fingerprint density at radius 2 is 2.62 bits per heavy atom. The number of hydrogen-bond acceptors (Lipinski definition) is 4. The van der Waals surface area contributed by atoms with Gasteiger partial charge in [-0.15, -0.1) is 11.3 Å². The number of aldehydes is 1. The molecule has 0 amide bonds. The SMILES string of the molecule is O=Cc1scnc1O. The molecule has 0 bridgehead atoms. The summed E-state index contributed by atoms with van der Waals surface area (Å²) in [5, 5.41) is 8.62. The Bertz CT molecular complexity index is 196. The fourth-order valence-corrected chi connectivity index (χ4v) is 0.810. The van der Waals surface area contributed by atoms with Crippen LogP contribution in [0.3, 0.4) is 0 Å². The lowest BCUT2D eigenvalue weighted by Gasteiger charge is -1.76. The highest BCUT2D eigenvalue weighted by atomic mass is 32.1. The molecule has 0 aliphatic rings. The van der Waals surface area contributed by atoms with Crippen molar-refractivity contribution in [3.05, 3.63) is 10.4 Å². The molecule has 0 unspecified atom stereocenters. The first-order valence-corrected chi connectivity index (χ1v) is 2.80. The van der Waals surface area contributed by atoms with E-state index < -0.39 is 0 Å². The van der Waals surface area contributed by atoms with Crippen molar-refractivity contribution >= 4 is 17.6 Å². The Hall–Kier alpha value is -0.900. The summed E-state index contributed by atoms with van der Waals surface area (Å²) in [4.78, 5) is 13.6. The minimum atomic E-state index is -0.176. The van der Waals surface area contributed by atoms with E-state index in [1.807, 2.05) is 0 Å². The second kappa shape index (κ2) is 1.92. The molecular formula is C4H3NO2S. The molecule has 1 aromatic heterocycles. The van der Waals surface area contributed by atoms with Crippen molar-refractivity contribution in [2.24, 2.45) is 0 Å². The van der Waals surface area contributed by atoms with Crippen LogP contribution in [0, 0.1) is 0 Å². The lowest BCUT2D eigenvalue weighted by Crippen LogP contribution is -1.69. The third kappa shape index (κ3) is 0.696. The van der Waals surface area contributed by atoms with E-state index >= 15 is 0 Å². The van der Waals surface area contributed by atoms with Gasteiger partial charge in [-0.25, -0.2) is 4.98 Å². The van der Waals surface area contributed by atoms with Gasteiger partial charge >= 0.3 is 0 Å². The predicted molar refractivity (Wildman–Crippen MR) is 29.2 cm³/mol. The number of hydrogen-bond donors (Lipinski definition) is 1. The highest BCUT2D eigenvalue weighted by molar-refractivity contribution is 7.11. The topological polar surface area (TPSA) is 50.2 Å². The summed E-state index contributed by atoms with van der Waals surface area (Å²) in [6.07, 6.45) is 0.576. The van der Waals surface area contributed by atoms with Gasteiger partial charge < -0.3 is 5.11 Å². The van der Waals surface area contributed by atoms with E-state index in [0.29, 0.717) is 6.29 Å². The molecule has 0 aromatic carbocycles. The molecule has 0 aliphatic carbocycles. The van der Waals surface area contributed by atoms with Gasteiger partial charge in [0.15, 0.2) is 6.29 Å². The molecule has 3 nitrogen and oxygen atoms in total. The monoisotopic (exact) mass is 129 g/mol. The van der Waals surface area contributed by atoms with Gasteiger partial charge in [0, 0.05) is 0 Å². The fourth-order valence-electron chi connectivity index (χ4n) is 0.330. The van der Waals surface area contributed by atoms with Crippen LogP contribution in [-0.4, -0.2) is 16.4 Å². The molecule has 4 heteroatoms. The standard InChI is InChI=1S/C4H3NO2S/c6-1-3-4(7)5-2-8-3/h1-2,7H. The largest absolute Gasteiger partial charge is 0.492 e. The zero-order valence-corrected chi connectivity index (χ0v) is 4.68. The van der Waals surface area contributed by atoms with Crippen molar-refractivity contribution < 1.29 is 9.90 Å². The Morgan fingerprint density at radius 3 is 2.88 bits per heavy atom. The number of aromatic nitrogens is 1. The molecule has 0 fully saturated rings. The quantitative estimate of drug-likeness (QED) is 0.567. The van der Waals surface area contributed by atoms with Crippen LogP contribution in [0.25, 0.3) is 0 Å². The van der Waals surface area contributed by atoms with Gasteiger partial charge in [-0.1, -0.05) is 0 Å². The first-order chi connectivity index (χ1) is 3.84. The Balaban J connectivity index is 3.09. The van der Waals surface area contributed by atoms with Crippen LogP contribution in [0.4, 0.5) is 0 Å². The van der Waals surface area contributed by atoms with Crippen LogP contribution in [0.15, 0.2) is 5.51 Å². The lowest BCUT2D eigenvalue weighted by atomic mass is 10.6. The van der Waals surface area contributed by atoms with Crippen LogP contribution in [0.2, 0.25) is 0 Å². The summed E-state index contributed by atoms with van der Waals surface area (Å²) in [6.45, 7) is 0. The molecule has 1 N–H and O–H groups in total. The summed E-state index contributed by atoms with van der Waals surface area (Å²) < 4.78 is 0. The average molecular weight is 129 g/mol. The van der Waals surface area contributed by atoms with E-state index in [2.05, 4.69) is 4.98 Å². The highest BCUT2D eigenvalue weighted by Crippen LogP contribution is 2.15. The second-order valence-corrected chi connectivity index (χ2v) is 2.04. The van der Waals surface area contributed by atoms with E-state index in [1.54, 1.807) is 0 Å². The number of carbonyl (C=O) groups excluding carboxylic acids is 1. The maximum absolute atomic E-state index is 9.90. The Labute approximate surface area is 49.6 Å². The fraction of sp³-hybridized carbons (Fsp3) is 0. The average Bonchev–Trinajstić information content (AvgIpc) is 2.14. The molecular weight excluding hydrogens is 126 g/mol. The molecule has 0 spiro atoms. The number of nitrogens with zero attached hydrogens (tertiary/aromatic N) is 1. The van der Waals surface area contributed by atoms with Crippen LogP contribution < -0.4 is 0 Å². The molecule has 0 atom stereocenters. The molecule has 8 heavy (non-hydrogen) atoms. The number of rotatable bonds is 1. The van der Waals surface area contributed by atoms with E-state index in [1.165, 1.54) is 5.51 Å². The van der Waals surface area contributed by atoms with Gasteiger partial charge in [-0.3, -0.25) is 4.79 Å². The summed E-state index contributed by atoms with van der Waals surface area (Å²) >= 11 is 1.12. The summed E-state index contributed by atoms with van der Waals surface area (Å²) in [6, 6.07) is 0. The molecule has 0 aliphatic heterocycles. The van der Waals surface area contributed by atoms with Crippen molar-refractivity contribution in [1.29, 1.82) is 0 Å². The third-order valence-electron chi connectivity index (χ3n) is 0.682. The van der Waals surface area contributed by atoms with Gasteiger partial charge in [0.2, 0.25) is 5.88 Å². The second-order valence-electron chi connectivity index (χ2n) is 1.16. The first kappa shape index (κ1) is 5.24. The van der Waals surface area contributed by atoms with Gasteiger partial charge in [0.1, 0.15) is 4.88 Å². The number of aromatic hydroxyl groups is 1. The Morgan fingerprint density at radius 1 is 1.88 bits per heavy atom. The number of thiazole rings is 1. The van der Waals surface area contributed by atoms with E-state index in [4.69, 9.17) is 5.11 Å². The summed E-state index contributed by atoms with van der Waals surface area (Å²) in [5.74, 6) is -0.176. The van der Waals surface area contributed by atoms with Crippen molar-refractivity contribution in [3.8, 4) is 5.88 Å².